The molecule has 3 saturated heterocycles. The van der Waals surface area contributed by atoms with Gasteiger partial charge in [0.25, 0.3) is 5.56 Å². The van der Waals surface area contributed by atoms with E-state index in [9.17, 15) is 14.4 Å². The van der Waals surface area contributed by atoms with Crippen LogP contribution >= 0.6 is 44.2 Å². The van der Waals surface area contributed by atoms with Gasteiger partial charge in [0.05, 0.1) is 16.4 Å². The minimum Gasteiger partial charge on any atom is -0.463 e. The lowest BCUT2D eigenvalue weighted by Crippen LogP contribution is -2.41. The van der Waals surface area contributed by atoms with Crippen molar-refractivity contribution in [1.82, 2.24) is 19.9 Å². The third kappa shape index (κ3) is 16.1. The second-order valence-electron chi connectivity index (χ2n) is 19.1. The number of carbonyl (C=O) groups is 2. The third-order valence-corrected chi connectivity index (χ3v) is 12.9. The van der Waals surface area contributed by atoms with Crippen LogP contribution in [0.4, 0.5) is 40.1 Å². The number of anilines is 6. The molecular formula is C53H70Br3N11O4. The maximum Gasteiger partial charge on any atom is 0.276 e. The van der Waals surface area contributed by atoms with Crippen molar-refractivity contribution in [2.24, 2.45) is 10.9 Å². The van der Waals surface area contributed by atoms with E-state index in [-0.39, 0.29) is 29.0 Å². The summed E-state index contributed by atoms with van der Waals surface area (Å²) in [7, 11) is 0. The summed E-state index contributed by atoms with van der Waals surface area (Å²) < 4.78 is 5.55. The van der Waals surface area contributed by atoms with E-state index in [4.69, 9.17) is 26.9 Å². The van der Waals surface area contributed by atoms with Gasteiger partial charge in [-0.2, -0.15) is 4.98 Å². The Kier molecular flexibility index (Phi) is 21.5. The van der Waals surface area contributed by atoms with Crippen molar-refractivity contribution in [3.8, 4) is 5.88 Å². The molecule has 15 nitrogen and oxygen atoms in total. The van der Waals surface area contributed by atoms with Crippen LogP contribution in [0.2, 0.25) is 0 Å². The molecule has 3 fully saturated rings. The number of nitrogens with zero attached hydrogens (tertiary/aromatic N) is 7. The summed E-state index contributed by atoms with van der Waals surface area (Å²) in [6.07, 6.45) is 14.3. The first kappa shape index (κ1) is 56.6. The Morgan fingerprint density at radius 3 is 1.51 bits per heavy atom. The first-order valence-electron chi connectivity index (χ1n) is 24.4. The van der Waals surface area contributed by atoms with E-state index in [0.717, 1.165) is 61.7 Å². The predicted molar refractivity (Wildman–Crippen MR) is 303 cm³/mol. The number of benzene rings is 3. The lowest BCUT2D eigenvalue weighted by atomic mass is 9.93. The summed E-state index contributed by atoms with van der Waals surface area (Å²) in [6, 6.07) is 24.7. The Morgan fingerprint density at radius 1 is 0.662 bits per heavy atom. The minimum absolute atomic E-state index is 0.0301. The van der Waals surface area contributed by atoms with Crippen LogP contribution in [-0.2, 0) is 0 Å². The van der Waals surface area contributed by atoms with E-state index in [1.54, 1.807) is 0 Å². The lowest BCUT2D eigenvalue weighted by molar-refractivity contribution is 0.0937. The third-order valence-electron chi connectivity index (χ3n) is 12.5. The van der Waals surface area contributed by atoms with Gasteiger partial charge < -0.3 is 41.6 Å². The molecule has 0 bridgehead atoms. The van der Waals surface area contributed by atoms with Crippen molar-refractivity contribution in [2.75, 3.05) is 71.2 Å². The molecule has 382 valence electrons. The molecule has 0 unspecified atom stereocenters. The molecule has 0 amide bonds. The fourth-order valence-corrected chi connectivity index (χ4v) is 8.78. The van der Waals surface area contributed by atoms with Gasteiger partial charge in [-0.3, -0.25) is 14.4 Å². The van der Waals surface area contributed by atoms with Crippen LogP contribution in [0.5, 0.6) is 5.88 Å². The molecule has 0 spiro atoms. The topological polar surface area (TPSA) is 215 Å². The molecule has 0 radical (unpaired) electrons. The number of alkyl halides is 1. The Labute approximate surface area is 442 Å². The number of hydrogen-bond acceptors (Lipinski definition) is 14. The van der Waals surface area contributed by atoms with E-state index in [0.29, 0.717) is 17.4 Å². The number of H-pyrrole nitrogens is 1. The van der Waals surface area contributed by atoms with Gasteiger partial charge in [0, 0.05) is 107 Å². The zero-order chi connectivity index (χ0) is 51.7. The summed E-state index contributed by atoms with van der Waals surface area (Å²) >= 11 is 8.92. The number of rotatable bonds is 8. The number of nitrogens with one attached hydrogen (secondary N) is 1. The highest BCUT2D eigenvalue weighted by molar-refractivity contribution is 9.93. The van der Waals surface area contributed by atoms with Crippen LogP contribution in [0.25, 0.3) is 0 Å². The van der Waals surface area contributed by atoms with Crippen LogP contribution in [-0.4, -0.2) is 86.4 Å². The smallest absolute Gasteiger partial charge is 0.276 e. The molecule has 0 atom stereocenters. The van der Waals surface area contributed by atoms with E-state index < -0.39 is 15.5 Å². The highest BCUT2D eigenvalue weighted by Crippen LogP contribution is 2.39. The molecule has 5 aromatic rings. The van der Waals surface area contributed by atoms with Crippen molar-refractivity contribution in [3.63, 3.8) is 0 Å². The van der Waals surface area contributed by atoms with Crippen LogP contribution in [0.3, 0.4) is 0 Å². The number of carbonyl (C=O) groups excluding carboxylic acids is 2. The summed E-state index contributed by atoms with van der Waals surface area (Å²) in [6.45, 7) is 18.5. The lowest BCUT2D eigenvalue weighted by Gasteiger charge is -2.32. The van der Waals surface area contributed by atoms with Gasteiger partial charge in [-0.05, 0) is 146 Å². The molecule has 7 N–H and O–H groups in total. The number of ether oxygens (including phenoxy) is 1. The molecule has 71 heavy (non-hydrogen) atoms. The van der Waals surface area contributed by atoms with Gasteiger partial charge in [0.1, 0.15) is 17.6 Å². The number of aromatic nitrogens is 4. The first-order chi connectivity index (χ1) is 33.9. The van der Waals surface area contributed by atoms with Gasteiger partial charge in [0.2, 0.25) is 5.88 Å². The number of halogens is 3. The van der Waals surface area contributed by atoms with Crippen molar-refractivity contribution < 1.29 is 14.3 Å². The molecule has 3 aromatic carbocycles. The fourth-order valence-electron chi connectivity index (χ4n) is 8.55. The van der Waals surface area contributed by atoms with E-state index in [1.807, 2.05) is 65.8 Å². The normalized spacial score (nSPS) is 16.1. The van der Waals surface area contributed by atoms with Crippen LogP contribution in [0.1, 0.15) is 126 Å². The number of nitrogen functional groups attached to an aromatic ring is 3. The number of ketones is 2. The summed E-state index contributed by atoms with van der Waals surface area (Å²) in [5.74, 6) is 1.28. The second kappa shape index (κ2) is 26.9. The monoisotopic (exact) mass is 1160 g/mol. The van der Waals surface area contributed by atoms with Crippen LogP contribution < -0.4 is 42.2 Å². The predicted octanol–water partition coefficient (Wildman–Crippen LogP) is 11.5. The van der Waals surface area contributed by atoms with Gasteiger partial charge in [-0.1, -0.05) is 41.9 Å². The average molecular weight is 1160 g/mol. The summed E-state index contributed by atoms with van der Waals surface area (Å²) in [5, 5.41) is 0. The quantitative estimate of drug-likeness (QED) is 0.0841. The Hall–Kier alpha value is -5.33. The van der Waals surface area contributed by atoms with Gasteiger partial charge in [-0.15, -0.1) is 0 Å². The number of Topliss-reactive ketones (excluding diaryl/α,β-unsaturated/α-hetero) is 2. The zero-order valence-corrected chi connectivity index (χ0v) is 46.7. The van der Waals surface area contributed by atoms with Crippen molar-refractivity contribution in [3.05, 3.63) is 112 Å². The number of aromatic amines is 1. The molecule has 0 aliphatic carbocycles. The molecule has 4 aliphatic heterocycles. The molecule has 18 heteroatoms. The average Bonchev–Trinajstić information content (AvgIpc) is 3.39. The highest BCUT2D eigenvalue weighted by atomic mass is 80.9. The Bertz CT molecular complexity index is 2570. The Balaban J connectivity index is 0.000000183. The number of aliphatic imine (C=N–C) groups is 1. The molecule has 4 aliphatic rings. The number of piperidine rings is 3. The molecule has 9 rings (SSSR count). The second-order valence-corrected chi connectivity index (χ2v) is 21.1. The molecule has 0 saturated carbocycles. The van der Waals surface area contributed by atoms with E-state index in [2.05, 4.69) is 127 Å². The molecular weight excluding hydrogens is 1090 g/mol. The first-order valence-corrected chi connectivity index (χ1v) is 28.9. The number of nitrogens with two attached hydrogens (primary N) is 3. The largest absolute Gasteiger partial charge is 0.463 e. The van der Waals surface area contributed by atoms with Gasteiger partial charge in [0.15, 0.2) is 28.9 Å². The van der Waals surface area contributed by atoms with Crippen molar-refractivity contribution in [2.45, 2.75) is 109 Å². The maximum atomic E-state index is 12.1. The van der Waals surface area contributed by atoms with Crippen LogP contribution in [0.15, 0.2) is 95.2 Å². The molecule has 2 aromatic heterocycles. The summed E-state index contributed by atoms with van der Waals surface area (Å²) in [5.41, 5.74) is 23.0. The minimum atomic E-state index is -0.583. The molecule has 6 heterocycles. The maximum absolute atomic E-state index is 12.1. The standard InChI is InChI=1S/C19H23N5O.C15H20BrNO.C15H21NO.C4H6N4O.Br2/c1-19(2)16(23-15-17(20)21-12-22-18(15)25-19)13-6-8-14(9-7-13)24-10-4-3-5-11-24;1-15(2,16)14(18)12-6-8-13(9-7-12)17-10-4-3-5-11-17;1-12(2)15(17)13-6-8-14(9-7-13)16-10-4-3-5-11-16;5-2-3(6)7-1-8-4(2)9;1-2/h6-9,12H,3-5,10-11H2,1-2H3,(H2,20,21,22);6-9H,3-5,10-11H2,1-2H3;6-9,12H,3-5,10-11H2,1-2H3;1H,5H2,(H3,6,7,8,9);. The Morgan fingerprint density at radius 2 is 1.10 bits per heavy atom. The highest BCUT2D eigenvalue weighted by Gasteiger charge is 2.35. The van der Waals surface area contributed by atoms with E-state index in [1.165, 1.54) is 87.5 Å². The van der Waals surface area contributed by atoms with Crippen molar-refractivity contribution in [1.29, 1.82) is 0 Å². The van der Waals surface area contributed by atoms with Crippen LogP contribution in [0, 0.1) is 5.92 Å². The van der Waals surface area contributed by atoms with Gasteiger partial charge in [-0.25, -0.2) is 15.0 Å². The SMILES string of the molecule is BrBr.CC(C)(Br)C(=O)c1ccc(N2CCCCC2)cc1.CC(C)C(=O)c1ccc(N2CCCCC2)cc1.CC1(C)Oc2ncnc(N)c2N=C1c1ccc(N2CCCCC2)cc1.Nc1nc[nH]c(=O)c1N. The van der Waals surface area contributed by atoms with E-state index >= 15 is 0 Å². The zero-order valence-electron chi connectivity index (χ0n) is 41.9. The summed E-state index contributed by atoms with van der Waals surface area (Å²) in [4.78, 5) is 60.4. The van der Waals surface area contributed by atoms with Gasteiger partial charge >= 0.3 is 0 Å². The van der Waals surface area contributed by atoms with Crippen molar-refractivity contribution >= 4 is 102 Å². The number of fused-ring (bicyclic) bond motifs is 1. The fraction of sp³-hybridized carbons (Fsp3) is 0.453. The number of hydrogen-bond donors (Lipinski definition) is 4.